The highest BCUT2D eigenvalue weighted by Gasteiger charge is 2.38. The van der Waals surface area contributed by atoms with Crippen molar-refractivity contribution in [1.29, 1.82) is 0 Å². The van der Waals surface area contributed by atoms with Crippen molar-refractivity contribution in [2.75, 3.05) is 13.6 Å². The third-order valence-electron chi connectivity index (χ3n) is 3.94. The number of aryl methyl sites for hydroxylation is 1. The molecular formula is C15H24N2O2. The lowest BCUT2D eigenvalue weighted by molar-refractivity contribution is -0.136. The van der Waals surface area contributed by atoms with Gasteiger partial charge >= 0.3 is 0 Å². The van der Waals surface area contributed by atoms with Crippen molar-refractivity contribution in [2.24, 2.45) is 5.41 Å². The molecule has 2 rings (SSSR count). The Morgan fingerprint density at radius 1 is 1.53 bits per heavy atom. The van der Waals surface area contributed by atoms with Crippen LogP contribution in [0, 0.1) is 12.3 Å². The van der Waals surface area contributed by atoms with E-state index in [0.29, 0.717) is 6.54 Å². The van der Waals surface area contributed by atoms with Crippen molar-refractivity contribution >= 4 is 5.91 Å². The van der Waals surface area contributed by atoms with Crippen molar-refractivity contribution in [3.05, 3.63) is 23.7 Å². The van der Waals surface area contributed by atoms with Gasteiger partial charge < -0.3 is 14.6 Å². The predicted molar refractivity (Wildman–Crippen MR) is 74.7 cm³/mol. The summed E-state index contributed by atoms with van der Waals surface area (Å²) in [7, 11) is 1.84. The van der Waals surface area contributed by atoms with Gasteiger partial charge in [-0.05, 0) is 43.9 Å². The minimum absolute atomic E-state index is 0.0165. The largest absolute Gasteiger partial charge is 0.464 e. The molecule has 2 heterocycles. The Morgan fingerprint density at radius 2 is 2.26 bits per heavy atom. The van der Waals surface area contributed by atoms with Crippen LogP contribution in [0.15, 0.2) is 16.5 Å². The minimum Gasteiger partial charge on any atom is -0.464 e. The molecule has 19 heavy (non-hydrogen) atoms. The summed E-state index contributed by atoms with van der Waals surface area (Å²) in [6.45, 7) is 7.69. The fourth-order valence-electron chi connectivity index (χ4n) is 2.73. The van der Waals surface area contributed by atoms with Gasteiger partial charge in [-0.25, -0.2) is 0 Å². The number of nitrogens with one attached hydrogen (secondary N) is 1. The molecule has 1 saturated heterocycles. The molecule has 0 bridgehead atoms. The molecule has 0 aromatic carbocycles. The zero-order valence-electron chi connectivity index (χ0n) is 12.3. The van der Waals surface area contributed by atoms with Gasteiger partial charge in [0.05, 0.1) is 12.6 Å². The predicted octanol–water partition coefficient (Wildman–Crippen LogP) is 2.32. The smallest absolute Gasteiger partial charge is 0.240 e. The van der Waals surface area contributed by atoms with Crippen LogP contribution >= 0.6 is 0 Å². The Kier molecular flexibility index (Phi) is 3.99. The Morgan fingerprint density at radius 3 is 2.84 bits per heavy atom. The fourth-order valence-corrected chi connectivity index (χ4v) is 2.73. The fraction of sp³-hybridized carbons (Fsp3) is 0.667. The molecule has 1 N–H and O–H groups in total. The summed E-state index contributed by atoms with van der Waals surface area (Å²) in [5, 5.41) is 3.36. The molecule has 4 heteroatoms. The molecule has 1 aliphatic heterocycles. The van der Waals surface area contributed by atoms with E-state index in [1.54, 1.807) is 4.90 Å². The zero-order valence-corrected chi connectivity index (χ0v) is 12.3. The normalized spacial score (nSPS) is 22.2. The molecule has 0 spiro atoms. The molecule has 1 fully saturated rings. The van der Waals surface area contributed by atoms with E-state index >= 15 is 0 Å². The molecule has 1 atom stereocenters. The van der Waals surface area contributed by atoms with Gasteiger partial charge in [-0.15, -0.1) is 0 Å². The first-order chi connectivity index (χ1) is 8.90. The molecule has 1 unspecified atom stereocenters. The van der Waals surface area contributed by atoms with Crippen LogP contribution in [-0.2, 0) is 11.3 Å². The van der Waals surface area contributed by atoms with E-state index in [1.165, 1.54) is 0 Å². The van der Waals surface area contributed by atoms with Gasteiger partial charge in [-0.2, -0.15) is 0 Å². The van der Waals surface area contributed by atoms with E-state index in [0.717, 1.165) is 30.9 Å². The summed E-state index contributed by atoms with van der Waals surface area (Å²) in [4.78, 5) is 14.3. The van der Waals surface area contributed by atoms with Crippen LogP contribution in [0.4, 0.5) is 0 Å². The van der Waals surface area contributed by atoms with Crippen LogP contribution in [-0.4, -0.2) is 30.4 Å². The van der Waals surface area contributed by atoms with Gasteiger partial charge in [-0.1, -0.05) is 13.8 Å². The van der Waals surface area contributed by atoms with Gasteiger partial charge in [-0.3, -0.25) is 4.79 Å². The summed E-state index contributed by atoms with van der Waals surface area (Å²) < 4.78 is 5.53. The van der Waals surface area contributed by atoms with E-state index in [2.05, 4.69) is 19.2 Å². The Hall–Kier alpha value is -1.29. The van der Waals surface area contributed by atoms with E-state index in [1.807, 2.05) is 26.1 Å². The van der Waals surface area contributed by atoms with Gasteiger partial charge in [0, 0.05) is 7.05 Å². The van der Waals surface area contributed by atoms with Crippen LogP contribution in [0.2, 0.25) is 0 Å². The minimum atomic E-state index is -0.0951. The van der Waals surface area contributed by atoms with Gasteiger partial charge in [0.1, 0.15) is 11.5 Å². The summed E-state index contributed by atoms with van der Waals surface area (Å²) in [6, 6.07) is 3.76. The monoisotopic (exact) mass is 264 g/mol. The number of furan rings is 1. The van der Waals surface area contributed by atoms with Crippen molar-refractivity contribution in [1.82, 2.24) is 10.2 Å². The first kappa shape index (κ1) is 14.1. The second-order valence-electron chi connectivity index (χ2n) is 6.19. The maximum Gasteiger partial charge on any atom is 0.240 e. The van der Waals surface area contributed by atoms with Gasteiger partial charge in [0.25, 0.3) is 0 Å². The van der Waals surface area contributed by atoms with Crippen LogP contribution in [0.1, 0.15) is 38.2 Å². The summed E-state index contributed by atoms with van der Waals surface area (Å²) in [5.41, 5.74) is 0.0165. The van der Waals surface area contributed by atoms with Crippen LogP contribution in [0.25, 0.3) is 0 Å². The van der Waals surface area contributed by atoms with E-state index in [-0.39, 0.29) is 17.4 Å². The molecule has 0 aliphatic carbocycles. The maximum absolute atomic E-state index is 12.5. The lowest BCUT2D eigenvalue weighted by Gasteiger charge is -2.39. The topological polar surface area (TPSA) is 45.5 Å². The highest BCUT2D eigenvalue weighted by molar-refractivity contribution is 5.82. The number of carbonyl (C=O) groups excluding carboxylic acids is 1. The van der Waals surface area contributed by atoms with Crippen molar-refractivity contribution in [2.45, 2.75) is 46.2 Å². The Balaban J connectivity index is 2.02. The summed E-state index contributed by atoms with van der Waals surface area (Å²) in [5.74, 6) is 1.87. The molecule has 1 aromatic rings. The number of nitrogens with zero attached hydrogens (tertiary/aromatic N) is 1. The number of likely N-dealkylation sites (N-methyl/N-ethyl adjacent to an activating group) is 1. The second kappa shape index (κ2) is 5.37. The van der Waals surface area contributed by atoms with Crippen LogP contribution < -0.4 is 5.32 Å². The number of rotatable bonds is 3. The molecule has 1 aromatic heterocycles. The first-order valence-electron chi connectivity index (χ1n) is 6.94. The van der Waals surface area contributed by atoms with E-state index < -0.39 is 0 Å². The van der Waals surface area contributed by atoms with Gasteiger partial charge in [0.2, 0.25) is 5.91 Å². The molecular weight excluding hydrogens is 240 g/mol. The molecule has 4 nitrogen and oxygen atoms in total. The standard InChI is InChI=1S/C15H24N2O2/c1-11-6-7-12(19-11)10-17(4)14(18)13-15(2,3)8-5-9-16-13/h6-7,13,16H,5,8-10H2,1-4H3. The lowest BCUT2D eigenvalue weighted by Crippen LogP contribution is -2.55. The molecule has 1 aliphatic rings. The molecule has 0 saturated carbocycles. The highest BCUT2D eigenvalue weighted by atomic mass is 16.3. The Bertz CT molecular complexity index is 451. The Labute approximate surface area is 115 Å². The van der Waals surface area contributed by atoms with E-state index in [9.17, 15) is 4.79 Å². The van der Waals surface area contributed by atoms with Crippen molar-refractivity contribution < 1.29 is 9.21 Å². The van der Waals surface area contributed by atoms with E-state index in [4.69, 9.17) is 4.42 Å². The summed E-state index contributed by atoms with van der Waals surface area (Å²) >= 11 is 0. The quantitative estimate of drug-likeness (QED) is 0.911. The SMILES string of the molecule is Cc1ccc(CN(C)C(=O)C2NCCCC2(C)C)o1. The summed E-state index contributed by atoms with van der Waals surface area (Å²) in [6.07, 6.45) is 2.22. The average Bonchev–Trinajstić information content (AvgIpc) is 2.73. The lowest BCUT2D eigenvalue weighted by atomic mass is 9.77. The number of hydrogen-bond acceptors (Lipinski definition) is 3. The maximum atomic E-state index is 12.5. The van der Waals surface area contributed by atoms with Gasteiger partial charge in [0.15, 0.2) is 0 Å². The second-order valence-corrected chi connectivity index (χ2v) is 6.19. The molecule has 106 valence electrons. The number of hydrogen-bond donors (Lipinski definition) is 1. The van der Waals surface area contributed by atoms with Crippen LogP contribution in [0.5, 0.6) is 0 Å². The molecule has 1 amide bonds. The zero-order chi connectivity index (χ0) is 14.0. The van der Waals surface area contributed by atoms with Crippen molar-refractivity contribution in [3.63, 3.8) is 0 Å². The number of piperidine rings is 1. The molecule has 0 radical (unpaired) electrons. The van der Waals surface area contributed by atoms with Crippen LogP contribution in [0.3, 0.4) is 0 Å². The van der Waals surface area contributed by atoms with Crippen molar-refractivity contribution in [3.8, 4) is 0 Å². The number of amides is 1. The third kappa shape index (κ3) is 3.18. The third-order valence-corrected chi connectivity index (χ3v) is 3.94. The number of carbonyl (C=O) groups is 1. The highest BCUT2D eigenvalue weighted by Crippen LogP contribution is 2.31. The average molecular weight is 264 g/mol. The first-order valence-corrected chi connectivity index (χ1v) is 6.94.